The predicted molar refractivity (Wildman–Crippen MR) is 57.3 cm³/mol. The molecule has 0 aliphatic carbocycles. The summed E-state index contributed by atoms with van der Waals surface area (Å²) >= 11 is 3.23. The van der Waals surface area contributed by atoms with Crippen molar-refractivity contribution in [1.29, 1.82) is 0 Å². The molecule has 1 amide bonds. The van der Waals surface area contributed by atoms with Crippen molar-refractivity contribution in [2.24, 2.45) is 0 Å². The average molecular weight is 266 g/mol. The highest BCUT2D eigenvalue weighted by Gasteiger charge is 2.22. The van der Waals surface area contributed by atoms with Crippen LogP contribution in [-0.2, 0) is 14.3 Å². The number of hydrogen-bond donors (Lipinski definition) is 1. The molecule has 14 heavy (non-hydrogen) atoms. The summed E-state index contributed by atoms with van der Waals surface area (Å²) in [5, 5.41) is 2.71. The smallest absolute Gasteiger partial charge is 0.305 e. The lowest BCUT2D eigenvalue weighted by atomic mass is 10.2. The van der Waals surface area contributed by atoms with Gasteiger partial charge >= 0.3 is 5.97 Å². The van der Waals surface area contributed by atoms with Crippen molar-refractivity contribution < 1.29 is 14.3 Å². The van der Waals surface area contributed by atoms with E-state index in [0.717, 1.165) is 0 Å². The fourth-order valence-electron chi connectivity index (χ4n) is 0.747. The third kappa shape index (κ3) is 5.96. The van der Waals surface area contributed by atoms with Crippen molar-refractivity contribution >= 4 is 27.8 Å². The van der Waals surface area contributed by atoms with Crippen LogP contribution in [0, 0.1) is 0 Å². The molecule has 0 heterocycles. The second-order valence-corrected chi connectivity index (χ2v) is 5.39. The van der Waals surface area contributed by atoms with E-state index in [4.69, 9.17) is 0 Å². The zero-order valence-electron chi connectivity index (χ0n) is 8.72. The standard InChI is InChI=1S/C9H16BrNO3/c1-9(2,10)8(13)11-6-4-5-7(12)14-3/h4-6H2,1-3H3,(H,11,13). The summed E-state index contributed by atoms with van der Waals surface area (Å²) in [6, 6.07) is 0. The fraction of sp³-hybridized carbons (Fsp3) is 0.778. The number of carbonyl (C=O) groups excluding carboxylic acids is 2. The number of esters is 1. The van der Waals surface area contributed by atoms with Gasteiger partial charge in [-0.2, -0.15) is 0 Å². The van der Waals surface area contributed by atoms with Crippen LogP contribution in [0.4, 0.5) is 0 Å². The van der Waals surface area contributed by atoms with Crippen LogP contribution in [0.2, 0.25) is 0 Å². The van der Waals surface area contributed by atoms with E-state index < -0.39 is 4.32 Å². The molecule has 0 bridgehead atoms. The molecule has 0 aliphatic heterocycles. The third-order valence-electron chi connectivity index (χ3n) is 1.61. The summed E-state index contributed by atoms with van der Waals surface area (Å²) in [5.41, 5.74) is 0. The first-order chi connectivity index (χ1) is 6.38. The Bertz CT molecular complexity index is 211. The number of nitrogens with one attached hydrogen (secondary N) is 1. The second-order valence-electron chi connectivity index (χ2n) is 3.41. The van der Waals surface area contributed by atoms with Gasteiger partial charge in [0.05, 0.1) is 11.4 Å². The highest BCUT2D eigenvalue weighted by atomic mass is 79.9. The van der Waals surface area contributed by atoms with Crippen LogP contribution in [0.3, 0.4) is 0 Å². The van der Waals surface area contributed by atoms with Gasteiger partial charge in [-0.15, -0.1) is 0 Å². The van der Waals surface area contributed by atoms with Gasteiger partial charge < -0.3 is 10.1 Å². The van der Waals surface area contributed by atoms with E-state index in [9.17, 15) is 9.59 Å². The first-order valence-corrected chi connectivity index (χ1v) is 5.21. The molecule has 0 unspecified atom stereocenters. The topological polar surface area (TPSA) is 55.4 Å². The van der Waals surface area contributed by atoms with Crippen molar-refractivity contribution in [3.63, 3.8) is 0 Å². The lowest BCUT2D eigenvalue weighted by Gasteiger charge is -2.15. The van der Waals surface area contributed by atoms with Gasteiger partial charge in [0.1, 0.15) is 0 Å². The normalized spacial score (nSPS) is 10.9. The fourth-order valence-corrected chi connectivity index (χ4v) is 0.887. The van der Waals surface area contributed by atoms with Gasteiger partial charge in [-0.1, -0.05) is 15.9 Å². The average Bonchev–Trinajstić information content (AvgIpc) is 2.09. The number of ether oxygens (including phenoxy) is 1. The highest BCUT2D eigenvalue weighted by Crippen LogP contribution is 2.14. The van der Waals surface area contributed by atoms with Crippen LogP contribution in [0.5, 0.6) is 0 Å². The lowest BCUT2D eigenvalue weighted by Crippen LogP contribution is -2.38. The number of rotatable bonds is 5. The molecule has 0 spiro atoms. The Morgan fingerprint density at radius 3 is 2.43 bits per heavy atom. The van der Waals surface area contributed by atoms with Gasteiger partial charge in [0.15, 0.2) is 0 Å². The van der Waals surface area contributed by atoms with Crippen LogP contribution in [-0.4, -0.2) is 29.9 Å². The molecule has 0 rings (SSSR count). The first-order valence-electron chi connectivity index (χ1n) is 4.42. The Morgan fingerprint density at radius 2 is 2.00 bits per heavy atom. The molecule has 0 radical (unpaired) electrons. The van der Waals surface area contributed by atoms with E-state index >= 15 is 0 Å². The summed E-state index contributed by atoms with van der Waals surface area (Å²) in [6.07, 6.45) is 0.932. The Balaban J connectivity index is 3.56. The van der Waals surface area contributed by atoms with Crippen molar-refractivity contribution in [1.82, 2.24) is 5.32 Å². The van der Waals surface area contributed by atoms with Crippen LogP contribution in [0.1, 0.15) is 26.7 Å². The van der Waals surface area contributed by atoms with Gasteiger partial charge in [-0.25, -0.2) is 0 Å². The van der Waals surface area contributed by atoms with E-state index in [1.165, 1.54) is 7.11 Å². The number of alkyl halides is 1. The minimum absolute atomic E-state index is 0.0811. The first kappa shape index (κ1) is 13.4. The van der Waals surface area contributed by atoms with Crippen LogP contribution >= 0.6 is 15.9 Å². The van der Waals surface area contributed by atoms with Gasteiger partial charge in [0.25, 0.3) is 0 Å². The molecule has 0 aromatic heterocycles. The second kappa shape index (κ2) is 6.01. The number of methoxy groups -OCH3 is 1. The van der Waals surface area contributed by atoms with Crippen molar-refractivity contribution in [2.45, 2.75) is 31.0 Å². The minimum atomic E-state index is -0.557. The molecule has 82 valence electrons. The molecular weight excluding hydrogens is 250 g/mol. The number of hydrogen-bond acceptors (Lipinski definition) is 3. The molecule has 4 nitrogen and oxygen atoms in total. The molecule has 0 fully saturated rings. The van der Waals surface area contributed by atoms with Gasteiger partial charge in [0.2, 0.25) is 5.91 Å². The Morgan fingerprint density at radius 1 is 1.43 bits per heavy atom. The SMILES string of the molecule is COC(=O)CCCNC(=O)C(C)(C)Br. The Hall–Kier alpha value is -0.580. The molecule has 0 atom stereocenters. The van der Waals surface area contributed by atoms with Gasteiger partial charge in [-0.3, -0.25) is 9.59 Å². The van der Waals surface area contributed by atoms with E-state index in [1.54, 1.807) is 13.8 Å². The van der Waals surface area contributed by atoms with Crippen molar-refractivity contribution in [2.75, 3.05) is 13.7 Å². The monoisotopic (exact) mass is 265 g/mol. The molecule has 0 aromatic rings. The maximum absolute atomic E-state index is 11.3. The van der Waals surface area contributed by atoms with Crippen molar-refractivity contribution in [3.05, 3.63) is 0 Å². The maximum Gasteiger partial charge on any atom is 0.305 e. The molecule has 1 N–H and O–H groups in total. The van der Waals surface area contributed by atoms with Crippen molar-refractivity contribution in [3.8, 4) is 0 Å². The van der Waals surface area contributed by atoms with E-state index in [1.807, 2.05) is 0 Å². The summed E-state index contributed by atoms with van der Waals surface area (Å²) < 4.78 is 3.91. The largest absolute Gasteiger partial charge is 0.469 e. The summed E-state index contributed by atoms with van der Waals surface area (Å²) in [5.74, 6) is -0.334. The maximum atomic E-state index is 11.3. The summed E-state index contributed by atoms with van der Waals surface area (Å²) in [7, 11) is 1.35. The molecule has 0 saturated carbocycles. The van der Waals surface area contributed by atoms with Gasteiger partial charge in [-0.05, 0) is 20.3 Å². The summed E-state index contributed by atoms with van der Waals surface area (Å²) in [6.45, 7) is 4.02. The van der Waals surface area contributed by atoms with Crippen LogP contribution < -0.4 is 5.32 Å². The molecule has 5 heteroatoms. The quantitative estimate of drug-likeness (QED) is 0.462. The lowest BCUT2D eigenvalue weighted by molar-refractivity contribution is -0.140. The number of halogens is 1. The zero-order valence-corrected chi connectivity index (χ0v) is 10.3. The van der Waals surface area contributed by atoms with Crippen LogP contribution in [0.25, 0.3) is 0 Å². The van der Waals surface area contributed by atoms with E-state index in [2.05, 4.69) is 26.0 Å². The van der Waals surface area contributed by atoms with E-state index in [0.29, 0.717) is 19.4 Å². The summed E-state index contributed by atoms with van der Waals surface area (Å²) in [4.78, 5) is 22.0. The van der Waals surface area contributed by atoms with Crippen LogP contribution in [0.15, 0.2) is 0 Å². The Kier molecular flexibility index (Phi) is 5.76. The third-order valence-corrected chi connectivity index (χ3v) is 1.97. The molecule has 0 saturated heterocycles. The molecule has 0 aromatic carbocycles. The molecule has 0 aliphatic rings. The number of amides is 1. The molecular formula is C9H16BrNO3. The highest BCUT2D eigenvalue weighted by molar-refractivity contribution is 9.10. The van der Waals surface area contributed by atoms with Gasteiger partial charge in [0, 0.05) is 13.0 Å². The zero-order chi connectivity index (χ0) is 11.2. The van der Waals surface area contributed by atoms with E-state index in [-0.39, 0.29) is 11.9 Å². The Labute approximate surface area is 92.5 Å². The predicted octanol–water partition coefficient (Wildman–Crippen LogP) is 1.23. The minimum Gasteiger partial charge on any atom is -0.469 e. The number of carbonyl (C=O) groups is 2.